The average Bonchev–Trinajstić information content (AvgIpc) is 2.65. The van der Waals surface area contributed by atoms with Crippen LogP contribution in [0, 0.1) is 6.92 Å². The number of hydrogen-bond donors (Lipinski definition) is 2. The van der Waals surface area contributed by atoms with Gasteiger partial charge in [-0.15, -0.1) is 0 Å². The van der Waals surface area contributed by atoms with E-state index in [1.807, 2.05) is 24.3 Å². The number of primary sulfonamides is 1. The molecular formula is C20H18BrN3O3S. The minimum Gasteiger partial charge on any atom is -0.348 e. The van der Waals surface area contributed by atoms with Crippen LogP contribution in [-0.2, 0) is 16.6 Å². The van der Waals surface area contributed by atoms with Crippen molar-refractivity contribution >= 4 is 31.9 Å². The van der Waals surface area contributed by atoms with Crippen molar-refractivity contribution in [3.05, 3.63) is 82.0 Å². The Labute approximate surface area is 172 Å². The van der Waals surface area contributed by atoms with E-state index in [9.17, 15) is 13.2 Å². The van der Waals surface area contributed by atoms with Gasteiger partial charge < -0.3 is 5.32 Å². The normalized spacial score (nSPS) is 11.2. The van der Waals surface area contributed by atoms with Gasteiger partial charge in [-0.25, -0.2) is 13.6 Å². The number of halogens is 1. The van der Waals surface area contributed by atoms with Crippen molar-refractivity contribution in [3.63, 3.8) is 0 Å². The topological polar surface area (TPSA) is 102 Å². The van der Waals surface area contributed by atoms with E-state index >= 15 is 0 Å². The molecule has 0 fully saturated rings. The number of carbonyl (C=O) groups is 1. The van der Waals surface area contributed by atoms with E-state index in [1.165, 1.54) is 12.1 Å². The Bertz CT molecular complexity index is 1150. The zero-order valence-corrected chi connectivity index (χ0v) is 17.4. The summed E-state index contributed by atoms with van der Waals surface area (Å²) < 4.78 is 23.8. The molecule has 144 valence electrons. The molecule has 0 unspecified atom stereocenters. The Morgan fingerprint density at radius 3 is 2.54 bits per heavy atom. The number of nitrogens with one attached hydrogen (secondary N) is 1. The summed E-state index contributed by atoms with van der Waals surface area (Å²) in [5, 5.41) is 7.92. The molecule has 3 rings (SSSR count). The Morgan fingerprint density at radius 1 is 1.11 bits per heavy atom. The molecule has 0 aliphatic rings. The number of nitrogens with two attached hydrogens (primary N) is 1. The lowest BCUT2D eigenvalue weighted by Gasteiger charge is -2.10. The van der Waals surface area contributed by atoms with Gasteiger partial charge in [0.2, 0.25) is 10.0 Å². The lowest BCUT2D eigenvalue weighted by atomic mass is 10.1. The van der Waals surface area contributed by atoms with Gasteiger partial charge in [-0.3, -0.25) is 9.78 Å². The minimum absolute atomic E-state index is 0.00970. The van der Waals surface area contributed by atoms with Crippen LogP contribution in [-0.4, -0.2) is 19.3 Å². The molecule has 6 nitrogen and oxygen atoms in total. The summed E-state index contributed by atoms with van der Waals surface area (Å²) >= 11 is 3.44. The van der Waals surface area contributed by atoms with Crippen molar-refractivity contribution < 1.29 is 13.2 Å². The zero-order chi connectivity index (χ0) is 20.3. The summed E-state index contributed by atoms with van der Waals surface area (Å²) in [6.07, 6.45) is 0. The van der Waals surface area contributed by atoms with Crippen LogP contribution in [0.4, 0.5) is 0 Å². The summed E-state index contributed by atoms with van der Waals surface area (Å²) in [6.45, 7) is 1.95. The molecular weight excluding hydrogens is 442 g/mol. The first-order valence-corrected chi connectivity index (χ1v) is 10.7. The molecule has 0 saturated carbocycles. The maximum Gasteiger partial charge on any atom is 0.253 e. The first-order chi connectivity index (χ1) is 13.2. The lowest BCUT2D eigenvalue weighted by molar-refractivity contribution is 0.0950. The third-order valence-corrected chi connectivity index (χ3v) is 5.54. The second kappa shape index (κ2) is 8.22. The number of aromatic nitrogens is 1. The molecule has 0 spiro atoms. The third kappa shape index (κ3) is 4.83. The Balaban J connectivity index is 1.75. The number of pyridine rings is 1. The van der Waals surface area contributed by atoms with Gasteiger partial charge in [0, 0.05) is 16.6 Å². The van der Waals surface area contributed by atoms with Gasteiger partial charge in [0.15, 0.2) is 0 Å². The summed E-state index contributed by atoms with van der Waals surface area (Å²) in [7, 11) is -3.78. The van der Waals surface area contributed by atoms with Crippen LogP contribution in [0.3, 0.4) is 0 Å². The lowest BCUT2D eigenvalue weighted by Crippen LogP contribution is -2.24. The van der Waals surface area contributed by atoms with Gasteiger partial charge >= 0.3 is 0 Å². The quantitative estimate of drug-likeness (QED) is 0.609. The van der Waals surface area contributed by atoms with Gasteiger partial charge in [-0.2, -0.15) is 0 Å². The van der Waals surface area contributed by atoms with Gasteiger partial charge in [0.05, 0.1) is 21.8 Å². The maximum atomic E-state index is 12.5. The van der Waals surface area contributed by atoms with Gasteiger partial charge in [-0.1, -0.05) is 40.2 Å². The summed E-state index contributed by atoms with van der Waals surface area (Å²) in [6, 6.07) is 17.4. The summed E-state index contributed by atoms with van der Waals surface area (Å²) in [5.74, 6) is -0.285. The molecule has 8 heteroatoms. The minimum atomic E-state index is -3.78. The second-order valence-corrected chi connectivity index (χ2v) is 8.69. The number of hydrogen-bond acceptors (Lipinski definition) is 4. The monoisotopic (exact) mass is 459 g/mol. The smallest absolute Gasteiger partial charge is 0.253 e. The number of rotatable bonds is 5. The van der Waals surface area contributed by atoms with Crippen LogP contribution in [0.25, 0.3) is 11.3 Å². The van der Waals surface area contributed by atoms with Crippen LogP contribution in [0.1, 0.15) is 21.6 Å². The molecule has 1 heterocycles. The van der Waals surface area contributed by atoms with E-state index in [-0.39, 0.29) is 17.3 Å². The van der Waals surface area contributed by atoms with Crippen molar-refractivity contribution in [3.8, 4) is 11.3 Å². The first kappa shape index (κ1) is 20.2. The van der Waals surface area contributed by atoms with E-state index in [1.54, 1.807) is 31.2 Å². The second-order valence-electron chi connectivity index (χ2n) is 6.21. The highest BCUT2D eigenvalue weighted by molar-refractivity contribution is 9.10. The Kier molecular flexibility index (Phi) is 5.93. The van der Waals surface area contributed by atoms with Crippen LogP contribution in [0.5, 0.6) is 0 Å². The Morgan fingerprint density at radius 2 is 1.86 bits per heavy atom. The first-order valence-electron chi connectivity index (χ1n) is 8.37. The van der Waals surface area contributed by atoms with Gasteiger partial charge in [0.25, 0.3) is 5.91 Å². The molecule has 0 bridgehead atoms. The number of amides is 1. The van der Waals surface area contributed by atoms with E-state index in [0.717, 1.165) is 15.7 Å². The van der Waals surface area contributed by atoms with Crippen molar-refractivity contribution in [2.75, 3.05) is 0 Å². The number of nitrogens with zero attached hydrogens (tertiary/aromatic N) is 1. The number of aryl methyl sites for hydroxylation is 1. The van der Waals surface area contributed by atoms with E-state index in [0.29, 0.717) is 16.8 Å². The highest BCUT2D eigenvalue weighted by Gasteiger charge is 2.13. The fraction of sp³-hybridized carbons (Fsp3) is 0.100. The molecule has 0 aliphatic carbocycles. The SMILES string of the molecule is Cc1nc(-c2cccc(Br)c2)ccc1C(=O)NCc1cccc(S(N)(=O)=O)c1. The van der Waals surface area contributed by atoms with E-state index < -0.39 is 10.0 Å². The maximum absolute atomic E-state index is 12.5. The Hall–Kier alpha value is -2.55. The van der Waals surface area contributed by atoms with Crippen molar-refractivity contribution in [2.24, 2.45) is 5.14 Å². The molecule has 3 N–H and O–H groups in total. The van der Waals surface area contributed by atoms with Crippen LogP contribution >= 0.6 is 15.9 Å². The summed E-state index contributed by atoms with van der Waals surface area (Å²) in [4.78, 5) is 17.1. The van der Waals surface area contributed by atoms with E-state index in [2.05, 4.69) is 26.2 Å². The molecule has 0 aliphatic heterocycles. The highest BCUT2D eigenvalue weighted by Crippen LogP contribution is 2.22. The molecule has 1 aromatic heterocycles. The zero-order valence-electron chi connectivity index (χ0n) is 15.0. The van der Waals surface area contributed by atoms with E-state index in [4.69, 9.17) is 5.14 Å². The third-order valence-electron chi connectivity index (χ3n) is 4.13. The fourth-order valence-electron chi connectivity index (χ4n) is 2.72. The van der Waals surface area contributed by atoms with Crippen LogP contribution in [0.2, 0.25) is 0 Å². The van der Waals surface area contributed by atoms with Crippen molar-refractivity contribution in [1.29, 1.82) is 0 Å². The highest BCUT2D eigenvalue weighted by atomic mass is 79.9. The van der Waals surface area contributed by atoms with Crippen molar-refractivity contribution in [2.45, 2.75) is 18.4 Å². The fourth-order valence-corrected chi connectivity index (χ4v) is 3.70. The van der Waals surface area contributed by atoms with Crippen molar-refractivity contribution in [1.82, 2.24) is 10.3 Å². The standard InChI is InChI=1S/C20H18BrN3O3S/c1-13-18(8-9-19(24-13)15-5-3-6-16(21)11-15)20(25)23-12-14-4-2-7-17(10-14)28(22,26)27/h2-11H,12H2,1H3,(H,23,25)(H2,22,26,27). The molecule has 1 amide bonds. The predicted octanol–water partition coefficient (Wildman–Crippen LogP) is 3.40. The van der Waals surface area contributed by atoms with Gasteiger partial charge in [0.1, 0.15) is 0 Å². The molecule has 2 aromatic carbocycles. The number of sulfonamides is 1. The summed E-state index contributed by atoms with van der Waals surface area (Å²) in [5.41, 5.74) is 3.42. The number of carbonyl (C=O) groups excluding carboxylic acids is 1. The van der Waals surface area contributed by atoms with Crippen LogP contribution < -0.4 is 10.5 Å². The largest absolute Gasteiger partial charge is 0.348 e. The number of benzene rings is 2. The molecule has 28 heavy (non-hydrogen) atoms. The molecule has 0 radical (unpaired) electrons. The molecule has 0 atom stereocenters. The molecule has 3 aromatic rings. The van der Waals surface area contributed by atoms with Crippen LogP contribution in [0.15, 0.2) is 70.0 Å². The predicted molar refractivity (Wildman–Crippen MR) is 111 cm³/mol. The molecule has 0 saturated heterocycles. The average molecular weight is 460 g/mol. The van der Waals surface area contributed by atoms with Gasteiger partial charge in [-0.05, 0) is 48.9 Å².